The third-order valence-corrected chi connectivity index (χ3v) is 2.90. The smallest absolute Gasteiger partial charge is 0.293 e. The highest BCUT2D eigenvalue weighted by Crippen LogP contribution is 2.10. The van der Waals surface area contributed by atoms with Crippen molar-refractivity contribution in [2.24, 2.45) is 5.73 Å². The first-order chi connectivity index (χ1) is 8.36. The number of aromatic nitrogens is 2. The number of rotatable bonds is 5. The van der Waals surface area contributed by atoms with E-state index in [4.69, 9.17) is 5.73 Å². The minimum atomic E-state index is -0.240. The van der Waals surface area contributed by atoms with Crippen molar-refractivity contribution in [2.75, 3.05) is 11.9 Å². The quantitative estimate of drug-likeness (QED) is 0.833. The standard InChI is InChI=1S/C13H24N4O/c1-5-10(14)6-7-15-11-12(18)17(9-8-16-11)13(2,3)4/h8-10H,5-7,14H2,1-4H3,(H,15,16). The van der Waals surface area contributed by atoms with Gasteiger partial charge in [0.2, 0.25) is 0 Å². The summed E-state index contributed by atoms with van der Waals surface area (Å²) in [5.74, 6) is 0.399. The van der Waals surface area contributed by atoms with Gasteiger partial charge in [-0.1, -0.05) is 6.92 Å². The van der Waals surface area contributed by atoms with Gasteiger partial charge >= 0.3 is 0 Å². The molecule has 1 aromatic heterocycles. The molecule has 0 aliphatic rings. The van der Waals surface area contributed by atoms with Gasteiger partial charge in [0.05, 0.1) is 0 Å². The molecule has 1 rings (SSSR count). The Bertz CT molecular complexity index is 433. The van der Waals surface area contributed by atoms with Crippen LogP contribution in [0.25, 0.3) is 0 Å². The second-order valence-corrected chi connectivity index (χ2v) is 5.51. The molecule has 1 aromatic rings. The second kappa shape index (κ2) is 6.00. The van der Waals surface area contributed by atoms with E-state index in [1.165, 1.54) is 0 Å². The van der Waals surface area contributed by atoms with Crippen LogP contribution in [0.2, 0.25) is 0 Å². The van der Waals surface area contributed by atoms with Gasteiger partial charge in [-0.05, 0) is 33.6 Å². The number of nitrogens with zero attached hydrogens (tertiary/aromatic N) is 2. The van der Waals surface area contributed by atoms with Gasteiger partial charge in [0.1, 0.15) is 0 Å². The maximum atomic E-state index is 12.2. The first kappa shape index (κ1) is 14.7. The van der Waals surface area contributed by atoms with Gasteiger partial charge in [-0.15, -0.1) is 0 Å². The van der Waals surface area contributed by atoms with Crippen molar-refractivity contribution in [3.05, 3.63) is 22.7 Å². The molecule has 5 nitrogen and oxygen atoms in total. The van der Waals surface area contributed by atoms with E-state index in [1.807, 2.05) is 20.8 Å². The highest BCUT2D eigenvalue weighted by Gasteiger charge is 2.16. The molecule has 1 atom stereocenters. The first-order valence-electron chi connectivity index (χ1n) is 6.44. The average molecular weight is 252 g/mol. The molecule has 0 aromatic carbocycles. The molecule has 0 saturated heterocycles. The van der Waals surface area contributed by atoms with E-state index in [9.17, 15) is 4.79 Å². The summed E-state index contributed by atoms with van der Waals surface area (Å²) in [4.78, 5) is 16.3. The first-order valence-corrected chi connectivity index (χ1v) is 6.44. The zero-order chi connectivity index (χ0) is 13.8. The average Bonchev–Trinajstić information content (AvgIpc) is 2.29. The van der Waals surface area contributed by atoms with Crippen LogP contribution in [0.4, 0.5) is 5.82 Å². The molecule has 0 fully saturated rings. The molecule has 0 bridgehead atoms. The van der Waals surface area contributed by atoms with Crippen molar-refractivity contribution < 1.29 is 0 Å². The van der Waals surface area contributed by atoms with Crippen LogP contribution in [-0.4, -0.2) is 22.1 Å². The highest BCUT2D eigenvalue weighted by atomic mass is 16.1. The van der Waals surface area contributed by atoms with Crippen LogP contribution in [0.1, 0.15) is 40.5 Å². The lowest BCUT2D eigenvalue weighted by molar-refractivity contribution is 0.383. The van der Waals surface area contributed by atoms with Crippen molar-refractivity contribution >= 4 is 5.82 Å². The SMILES string of the molecule is CCC(N)CCNc1nccn(C(C)(C)C)c1=O. The van der Waals surface area contributed by atoms with Crippen LogP contribution in [0.15, 0.2) is 17.2 Å². The maximum absolute atomic E-state index is 12.2. The second-order valence-electron chi connectivity index (χ2n) is 5.51. The molecule has 1 unspecified atom stereocenters. The summed E-state index contributed by atoms with van der Waals surface area (Å²) in [6.45, 7) is 8.70. The number of hydrogen-bond acceptors (Lipinski definition) is 4. The normalized spacial score (nSPS) is 13.4. The largest absolute Gasteiger partial charge is 0.365 e. The minimum Gasteiger partial charge on any atom is -0.365 e. The van der Waals surface area contributed by atoms with Crippen LogP contribution < -0.4 is 16.6 Å². The number of nitrogens with two attached hydrogens (primary N) is 1. The number of anilines is 1. The van der Waals surface area contributed by atoms with Gasteiger partial charge in [0.15, 0.2) is 5.82 Å². The summed E-state index contributed by atoms with van der Waals surface area (Å²) in [6, 6.07) is 0.172. The summed E-state index contributed by atoms with van der Waals surface area (Å²) < 4.78 is 1.68. The van der Waals surface area contributed by atoms with Crippen LogP contribution in [0.5, 0.6) is 0 Å². The fourth-order valence-electron chi connectivity index (χ4n) is 1.64. The molecule has 0 saturated carbocycles. The third-order valence-electron chi connectivity index (χ3n) is 2.90. The molecule has 18 heavy (non-hydrogen) atoms. The maximum Gasteiger partial charge on any atom is 0.293 e. The summed E-state index contributed by atoms with van der Waals surface area (Å²) in [5, 5.41) is 3.07. The fourth-order valence-corrected chi connectivity index (χ4v) is 1.64. The lowest BCUT2D eigenvalue weighted by Gasteiger charge is -2.22. The lowest BCUT2D eigenvalue weighted by atomic mass is 10.1. The summed E-state index contributed by atoms with van der Waals surface area (Å²) in [7, 11) is 0. The molecule has 0 spiro atoms. The van der Waals surface area contributed by atoms with Crippen molar-refractivity contribution in [1.29, 1.82) is 0 Å². The molecule has 0 amide bonds. The van der Waals surface area contributed by atoms with Crippen molar-refractivity contribution in [3.8, 4) is 0 Å². The predicted molar refractivity (Wildman–Crippen MR) is 74.9 cm³/mol. The van der Waals surface area contributed by atoms with Crippen molar-refractivity contribution in [1.82, 2.24) is 9.55 Å². The van der Waals surface area contributed by atoms with Gasteiger partial charge in [-0.25, -0.2) is 4.98 Å². The summed E-state index contributed by atoms with van der Waals surface area (Å²) >= 11 is 0. The van der Waals surface area contributed by atoms with E-state index in [0.29, 0.717) is 12.4 Å². The van der Waals surface area contributed by atoms with E-state index >= 15 is 0 Å². The summed E-state index contributed by atoms with van der Waals surface area (Å²) in [6.07, 6.45) is 5.14. The molecule has 5 heteroatoms. The zero-order valence-electron chi connectivity index (χ0n) is 11.7. The monoisotopic (exact) mass is 252 g/mol. The Morgan fingerprint density at radius 2 is 2.17 bits per heavy atom. The van der Waals surface area contributed by atoms with Crippen molar-refractivity contribution in [2.45, 2.75) is 52.1 Å². The third kappa shape index (κ3) is 3.84. The van der Waals surface area contributed by atoms with Crippen LogP contribution in [-0.2, 0) is 5.54 Å². The van der Waals surface area contributed by atoms with Gasteiger partial charge < -0.3 is 15.6 Å². The van der Waals surface area contributed by atoms with Crippen molar-refractivity contribution in [3.63, 3.8) is 0 Å². The Morgan fingerprint density at radius 1 is 1.50 bits per heavy atom. The molecule has 0 radical (unpaired) electrons. The zero-order valence-corrected chi connectivity index (χ0v) is 11.7. The topological polar surface area (TPSA) is 72.9 Å². The molecule has 1 heterocycles. The van der Waals surface area contributed by atoms with Gasteiger partial charge in [0, 0.05) is 30.5 Å². The van der Waals surface area contributed by atoms with E-state index in [1.54, 1.807) is 17.0 Å². The lowest BCUT2D eigenvalue weighted by Crippen LogP contribution is -2.35. The molecule has 102 valence electrons. The number of hydrogen-bond donors (Lipinski definition) is 2. The Hall–Kier alpha value is -1.36. The Kier molecular flexibility index (Phi) is 4.90. The van der Waals surface area contributed by atoms with Crippen LogP contribution >= 0.6 is 0 Å². The van der Waals surface area contributed by atoms with Gasteiger partial charge in [-0.3, -0.25) is 4.79 Å². The van der Waals surface area contributed by atoms with Crippen LogP contribution in [0.3, 0.4) is 0 Å². The number of nitrogens with one attached hydrogen (secondary N) is 1. The fraction of sp³-hybridized carbons (Fsp3) is 0.692. The van der Waals surface area contributed by atoms with Crippen LogP contribution in [0, 0.1) is 0 Å². The minimum absolute atomic E-state index is 0.0879. The predicted octanol–water partition coefficient (Wildman–Crippen LogP) is 1.54. The molecule has 3 N–H and O–H groups in total. The Morgan fingerprint density at radius 3 is 2.72 bits per heavy atom. The molecular weight excluding hydrogens is 228 g/mol. The highest BCUT2D eigenvalue weighted by molar-refractivity contribution is 5.31. The molecular formula is C13H24N4O. The van der Waals surface area contributed by atoms with E-state index in [-0.39, 0.29) is 17.1 Å². The van der Waals surface area contributed by atoms with E-state index < -0.39 is 0 Å². The molecule has 0 aliphatic carbocycles. The van der Waals surface area contributed by atoms with Gasteiger partial charge in [-0.2, -0.15) is 0 Å². The van der Waals surface area contributed by atoms with Gasteiger partial charge in [0.25, 0.3) is 5.56 Å². The van der Waals surface area contributed by atoms with E-state index in [0.717, 1.165) is 12.8 Å². The Labute approximate surface area is 108 Å². The van der Waals surface area contributed by atoms with E-state index in [2.05, 4.69) is 17.2 Å². The Balaban J connectivity index is 2.76. The molecule has 0 aliphatic heterocycles. The summed E-state index contributed by atoms with van der Waals surface area (Å²) in [5.41, 5.74) is 5.50.